The molecule has 4 nitrogen and oxygen atoms in total. The third-order valence-corrected chi connectivity index (χ3v) is 2.65. The summed E-state index contributed by atoms with van der Waals surface area (Å²) in [7, 11) is 1.96. The Morgan fingerprint density at radius 1 is 1.47 bits per heavy atom. The number of rotatable bonds is 4. The molecule has 1 heterocycles. The minimum Gasteiger partial charge on any atom is -0.394 e. The van der Waals surface area contributed by atoms with Crippen LogP contribution in [-0.4, -0.2) is 34.2 Å². The van der Waals surface area contributed by atoms with Crippen molar-refractivity contribution in [2.24, 2.45) is 0 Å². The molecule has 1 rings (SSSR count). The molecule has 0 aliphatic carbocycles. The molecule has 1 aromatic heterocycles. The first-order valence-corrected chi connectivity index (χ1v) is 4.99. The zero-order chi connectivity index (χ0) is 11.5. The number of anilines is 1. The Balaban J connectivity index is 2.70. The Labute approximate surface area is 90.7 Å². The maximum atomic E-state index is 9.21. The summed E-state index contributed by atoms with van der Waals surface area (Å²) in [6.45, 7) is 4.77. The van der Waals surface area contributed by atoms with Crippen molar-refractivity contribution in [1.29, 1.82) is 0 Å². The highest BCUT2D eigenvalue weighted by Crippen LogP contribution is 2.14. The van der Waals surface area contributed by atoms with Gasteiger partial charge >= 0.3 is 0 Å². The van der Waals surface area contributed by atoms with Crippen LogP contribution in [0, 0.1) is 0 Å². The van der Waals surface area contributed by atoms with E-state index in [-0.39, 0.29) is 12.1 Å². The smallest absolute Gasteiger partial charge is 0.123 e. The van der Waals surface area contributed by atoms with E-state index in [0.29, 0.717) is 12.4 Å². The third kappa shape index (κ3) is 3.18. The SMILES string of the molecule is CN(Cc1cccc(N)n1)C(C)(C)CO. The summed E-state index contributed by atoms with van der Waals surface area (Å²) in [4.78, 5) is 6.27. The van der Waals surface area contributed by atoms with E-state index < -0.39 is 0 Å². The van der Waals surface area contributed by atoms with Crippen LogP contribution < -0.4 is 5.73 Å². The molecule has 0 spiro atoms. The fourth-order valence-electron chi connectivity index (χ4n) is 1.16. The number of nitrogens with two attached hydrogens (primary N) is 1. The number of aromatic nitrogens is 1. The number of nitrogen functional groups attached to an aromatic ring is 1. The minimum absolute atomic E-state index is 0.117. The third-order valence-electron chi connectivity index (χ3n) is 2.65. The van der Waals surface area contributed by atoms with Gasteiger partial charge in [0.25, 0.3) is 0 Å². The largest absolute Gasteiger partial charge is 0.394 e. The Morgan fingerprint density at radius 2 is 2.13 bits per heavy atom. The Kier molecular flexibility index (Phi) is 3.66. The van der Waals surface area contributed by atoms with E-state index >= 15 is 0 Å². The summed E-state index contributed by atoms with van der Waals surface area (Å²) >= 11 is 0. The molecule has 0 radical (unpaired) electrons. The number of pyridine rings is 1. The molecule has 0 aliphatic heterocycles. The Morgan fingerprint density at radius 3 is 2.67 bits per heavy atom. The summed E-state index contributed by atoms with van der Waals surface area (Å²) in [6, 6.07) is 5.58. The zero-order valence-electron chi connectivity index (χ0n) is 9.57. The number of aliphatic hydroxyl groups is 1. The van der Waals surface area contributed by atoms with Crippen LogP contribution in [0.1, 0.15) is 19.5 Å². The minimum atomic E-state index is -0.244. The molecule has 15 heavy (non-hydrogen) atoms. The van der Waals surface area contributed by atoms with Gasteiger partial charge in [0.1, 0.15) is 5.82 Å². The first-order valence-electron chi connectivity index (χ1n) is 4.99. The van der Waals surface area contributed by atoms with Gasteiger partial charge in [0.05, 0.1) is 12.3 Å². The molecule has 0 aromatic carbocycles. The molecule has 0 bridgehead atoms. The second-order valence-electron chi connectivity index (χ2n) is 4.38. The number of likely N-dealkylation sites (N-methyl/N-ethyl adjacent to an activating group) is 1. The predicted molar refractivity (Wildman–Crippen MR) is 61.3 cm³/mol. The van der Waals surface area contributed by atoms with Crippen LogP contribution in [0.4, 0.5) is 5.82 Å². The van der Waals surface area contributed by atoms with Gasteiger partial charge in [-0.05, 0) is 33.0 Å². The van der Waals surface area contributed by atoms with Gasteiger partial charge in [-0.25, -0.2) is 4.98 Å². The topological polar surface area (TPSA) is 62.4 Å². The monoisotopic (exact) mass is 209 g/mol. The first-order chi connectivity index (χ1) is 6.95. The van der Waals surface area contributed by atoms with Gasteiger partial charge in [0.15, 0.2) is 0 Å². The van der Waals surface area contributed by atoms with E-state index in [9.17, 15) is 5.11 Å². The Bertz CT molecular complexity index is 325. The molecule has 0 amide bonds. The molecule has 0 saturated carbocycles. The van der Waals surface area contributed by atoms with Crippen LogP contribution in [0.3, 0.4) is 0 Å². The molecule has 1 aromatic rings. The van der Waals surface area contributed by atoms with Gasteiger partial charge in [-0.15, -0.1) is 0 Å². The van der Waals surface area contributed by atoms with Crippen molar-refractivity contribution in [2.75, 3.05) is 19.4 Å². The molecular formula is C11H19N3O. The zero-order valence-corrected chi connectivity index (χ0v) is 9.57. The predicted octanol–water partition coefficient (Wildman–Crippen LogP) is 0.867. The Hall–Kier alpha value is -1.13. The van der Waals surface area contributed by atoms with Crippen molar-refractivity contribution < 1.29 is 5.11 Å². The van der Waals surface area contributed by atoms with Gasteiger partial charge in [0.2, 0.25) is 0 Å². The van der Waals surface area contributed by atoms with Gasteiger partial charge < -0.3 is 10.8 Å². The maximum absolute atomic E-state index is 9.21. The second kappa shape index (κ2) is 4.59. The average molecular weight is 209 g/mol. The van der Waals surface area contributed by atoms with Crippen LogP contribution in [0.15, 0.2) is 18.2 Å². The summed E-state index contributed by atoms with van der Waals surface area (Å²) in [5.74, 6) is 0.530. The van der Waals surface area contributed by atoms with Gasteiger partial charge in [-0.2, -0.15) is 0 Å². The summed E-state index contributed by atoms with van der Waals surface area (Å²) in [5.41, 5.74) is 6.27. The molecule has 0 atom stereocenters. The van der Waals surface area contributed by atoms with Crippen LogP contribution in [0.25, 0.3) is 0 Å². The molecule has 84 valence electrons. The summed E-state index contributed by atoms with van der Waals surface area (Å²) in [6.07, 6.45) is 0. The van der Waals surface area contributed by atoms with E-state index in [1.165, 1.54) is 0 Å². The number of hydrogen-bond donors (Lipinski definition) is 2. The lowest BCUT2D eigenvalue weighted by Gasteiger charge is -2.33. The van der Waals surface area contributed by atoms with E-state index in [1.54, 1.807) is 6.07 Å². The van der Waals surface area contributed by atoms with E-state index in [0.717, 1.165) is 5.69 Å². The first kappa shape index (κ1) is 11.9. The van der Waals surface area contributed by atoms with Crippen molar-refractivity contribution in [3.05, 3.63) is 23.9 Å². The van der Waals surface area contributed by atoms with Crippen LogP contribution in [-0.2, 0) is 6.54 Å². The normalized spacial score (nSPS) is 12.1. The van der Waals surface area contributed by atoms with Gasteiger partial charge in [-0.1, -0.05) is 6.07 Å². The second-order valence-corrected chi connectivity index (χ2v) is 4.38. The lowest BCUT2D eigenvalue weighted by Crippen LogP contribution is -2.43. The molecule has 0 aliphatic rings. The summed E-state index contributed by atoms with van der Waals surface area (Å²) < 4.78 is 0. The van der Waals surface area contributed by atoms with Gasteiger partial charge in [-0.3, -0.25) is 4.90 Å². The number of hydrogen-bond acceptors (Lipinski definition) is 4. The van der Waals surface area contributed by atoms with Crippen molar-refractivity contribution in [1.82, 2.24) is 9.88 Å². The van der Waals surface area contributed by atoms with Crippen molar-refractivity contribution >= 4 is 5.82 Å². The molecular weight excluding hydrogens is 190 g/mol. The average Bonchev–Trinajstić information content (AvgIpc) is 2.17. The van der Waals surface area contributed by atoms with E-state index in [4.69, 9.17) is 5.73 Å². The van der Waals surface area contributed by atoms with Crippen molar-refractivity contribution in [3.63, 3.8) is 0 Å². The quantitative estimate of drug-likeness (QED) is 0.772. The van der Waals surface area contributed by atoms with Crippen LogP contribution >= 0.6 is 0 Å². The van der Waals surface area contributed by atoms with E-state index in [1.807, 2.05) is 33.0 Å². The molecule has 0 fully saturated rings. The molecule has 4 heteroatoms. The molecule has 0 unspecified atom stereocenters. The number of aliphatic hydroxyl groups excluding tert-OH is 1. The highest BCUT2D eigenvalue weighted by molar-refractivity contribution is 5.28. The van der Waals surface area contributed by atoms with E-state index in [2.05, 4.69) is 9.88 Å². The van der Waals surface area contributed by atoms with Crippen molar-refractivity contribution in [2.45, 2.75) is 25.9 Å². The highest BCUT2D eigenvalue weighted by Gasteiger charge is 2.22. The highest BCUT2D eigenvalue weighted by atomic mass is 16.3. The maximum Gasteiger partial charge on any atom is 0.123 e. The number of nitrogens with zero attached hydrogens (tertiary/aromatic N) is 2. The summed E-state index contributed by atoms with van der Waals surface area (Å²) in [5, 5.41) is 9.21. The van der Waals surface area contributed by atoms with Gasteiger partial charge in [0, 0.05) is 12.1 Å². The lowest BCUT2D eigenvalue weighted by molar-refractivity contribution is 0.0725. The molecule has 3 N–H and O–H groups in total. The standard InChI is InChI=1S/C11H19N3O/c1-11(2,8-15)14(3)7-9-5-4-6-10(12)13-9/h4-6,15H,7-8H2,1-3H3,(H2,12,13). The van der Waals surface area contributed by atoms with Crippen LogP contribution in [0.2, 0.25) is 0 Å². The van der Waals surface area contributed by atoms with Crippen LogP contribution in [0.5, 0.6) is 0 Å². The fourth-order valence-corrected chi connectivity index (χ4v) is 1.16. The van der Waals surface area contributed by atoms with Crippen molar-refractivity contribution in [3.8, 4) is 0 Å². The molecule has 0 saturated heterocycles. The lowest BCUT2D eigenvalue weighted by atomic mass is 10.1. The fraction of sp³-hybridized carbons (Fsp3) is 0.545.